The highest BCUT2D eigenvalue weighted by Crippen LogP contribution is 2.17. The quantitative estimate of drug-likeness (QED) is 0.745. The predicted octanol–water partition coefficient (Wildman–Crippen LogP) is 2.02. The molecule has 1 unspecified atom stereocenters. The topological polar surface area (TPSA) is 80.9 Å². The van der Waals surface area contributed by atoms with Gasteiger partial charge in [-0.1, -0.05) is 31.1 Å². The molecule has 5 nitrogen and oxygen atoms in total. The molecule has 0 aromatic carbocycles. The first-order chi connectivity index (χ1) is 8.26. The maximum absolute atomic E-state index is 11.6. The Morgan fingerprint density at radius 3 is 2.94 bits per heavy atom. The van der Waals surface area contributed by atoms with Crippen LogP contribution in [0.1, 0.15) is 39.0 Å². The highest BCUT2D eigenvalue weighted by molar-refractivity contribution is 7.13. The van der Waals surface area contributed by atoms with Crippen LogP contribution < -0.4 is 11.1 Å². The smallest absolute Gasteiger partial charge is 0.226 e. The number of aromatic nitrogens is 2. The highest BCUT2D eigenvalue weighted by atomic mass is 32.1. The van der Waals surface area contributed by atoms with Crippen LogP contribution >= 0.6 is 11.3 Å². The monoisotopic (exact) mass is 256 g/mol. The number of nitrogens with zero attached hydrogens (tertiary/aromatic N) is 2. The number of nitrogens with one attached hydrogen (secondary N) is 1. The molecule has 0 bridgehead atoms. The second-order valence-corrected chi connectivity index (χ2v) is 4.90. The molecule has 6 heteroatoms. The molecule has 0 aliphatic carbocycles. The second kappa shape index (κ2) is 8.14. The Labute approximate surface area is 106 Å². The van der Waals surface area contributed by atoms with Gasteiger partial charge in [0.15, 0.2) is 0 Å². The Kier molecular flexibility index (Phi) is 6.73. The maximum atomic E-state index is 11.6. The molecule has 0 fully saturated rings. The van der Waals surface area contributed by atoms with Crippen LogP contribution in [0, 0.1) is 5.92 Å². The minimum absolute atomic E-state index is 0.0138. The maximum Gasteiger partial charge on any atom is 0.226 e. The fraction of sp³-hybridized carbons (Fsp3) is 0.727. The number of anilines is 1. The van der Waals surface area contributed by atoms with E-state index in [9.17, 15) is 4.79 Å². The van der Waals surface area contributed by atoms with E-state index >= 15 is 0 Å². The number of hydrogen-bond acceptors (Lipinski definition) is 5. The van der Waals surface area contributed by atoms with Gasteiger partial charge in [-0.05, 0) is 25.3 Å². The minimum Gasteiger partial charge on any atom is -0.330 e. The van der Waals surface area contributed by atoms with Gasteiger partial charge in [0, 0.05) is 6.42 Å². The van der Waals surface area contributed by atoms with E-state index in [0.29, 0.717) is 24.0 Å². The molecule has 0 saturated heterocycles. The number of nitrogens with two attached hydrogens (primary N) is 1. The Hall–Kier alpha value is -1.01. The predicted molar refractivity (Wildman–Crippen MR) is 69.8 cm³/mol. The van der Waals surface area contributed by atoms with Crippen LogP contribution in [0.2, 0.25) is 0 Å². The molecule has 96 valence electrons. The largest absolute Gasteiger partial charge is 0.330 e. The molecule has 1 rings (SSSR count). The zero-order valence-electron chi connectivity index (χ0n) is 10.2. The van der Waals surface area contributed by atoms with Crippen LogP contribution in [0.5, 0.6) is 0 Å². The van der Waals surface area contributed by atoms with Gasteiger partial charge in [-0.15, -0.1) is 10.2 Å². The molecule has 1 amide bonds. The summed E-state index contributed by atoms with van der Waals surface area (Å²) in [6, 6.07) is 0. The van der Waals surface area contributed by atoms with Crippen molar-refractivity contribution in [2.45, 2.75) is 39.0 Å². The summed E-state index contributed by atoms with van der Waals surface area (Å²) in [4.78, 5) is 11.6. The normalized spacial score (nSPS) is 12.4. The van der Waals surface area contributed by atoms with Crippen LogP contribution in [0.25, 0.3) is 0 Å². The van der Waals surface area contributed by atoms with Gasteiger partial charge in [0.25, 0.3) is 0 Å². The molecule has 1 aromatic heterocycles. The Bertz CT molecular complexity index is 309. The first-order valence-electron chi connectivity index (χ1n) is 6.02. The molecule has 0 saturated carbocycles. The number of rotatable bonds is 8. The van der Waals surface area contributed by atoms with Gasteiger partial charge in [-0.25, -0.2) is 0 Å². The Balaban J connectivity index is 2.25. The van der Waals surface area contributed by atoms with Gasteiger partial charge in [0.2, 0.25) is 11.0 Å². The zero-order chi connectivity index (χ0) is 12.5. The van der Waals surface area contributed by atoms with E-state index in [2.05, 4.69) is 22.4 Å². The van der Waals surface area contributed by atoms with Crippen molar-refractivity contribution in [3.8, 4) is 0 Å². The van der Waals surface area contributed by atoms with E-state index in [4.69, 9.17) is 5.73 Å². The first kappa shape index (κ1) is 14.1. The average molecular weight is 256 g/mol. The lowest BCUT2D eigenvalue weighted by atomic mass is 9.94. The van der Waals surface area contributed by atoms with Crippen molar-refractivity contribution >= 4 is 22.4 Å². The van der Waals surface area contributed by atoms with Crippen molar-refractivity contribution in [3.05, 3.63) is 5.51 Å². The standard InChI is InChI=1S/C11H20N4OS/c1-2-3-9(6-7-12)4-5-10(16)14-11-15-13-8-17-11/h8-9H,2-7,12H2,1H3,(H,14,15,16). The van der Waals surface area contributed by atoms with Crippen molar-refractivity contribution in [1.29, 1.82) is 0 Å². The molecule has 0 aliphatic heterocycles. The third kappa shape index (κ3) is 5.74. The van der Waals surface area contributed by atoms with Crippen LogP contribution in [0.4, 0.5) is 5.13 Å². The Morgan fingerprint density at radius 2 is 2.35 bits per heavy atom. The molecule has 0 radical (unpaired) electrons. The van der Waals surface area contributed by atoms with Crippen molar-refractivity contribution in [2.75, 3.05) is 11.9 Å². The number of hydrogen-bond donors (Lipinski definition) is 2. The SMILES string of the molecule is CCCC(CCN)CCC(=O)Nc1nncs1. The first-order valence-corrected chi connectivity index (χ1v) is 6.90. The van der Waals surface area contributed by atoms with Gasteiger partial charge in [-0.3, -0.25) is 4.79 Å². The number of carbonyl (C=O) groups excluding carboxylic acids is 1. The Morgan fingerprint density at radius 1 is 1.53 bits per heavy atom. The molecule has 1 atom stereocenters. The lowest BCUT2D eigenvalue weighted by molar-refractivity contribution is -0.116. The molecular weight excluding hydrogens is 236 g/mol. The summed E-state index contributed by atoms with van der Waals surface area (Å²) < 4.78 is 0. The van der Waals surface area contributed by atoms with Gasteiger partial charge in [0.05, 0.1) is 0 Å². The van der Waals surface area contributed by atoms with E-state index in [1.807, 2.05) is 0 Å². The van der Waals surface area contributed by atoms with Crippen molar-refractivity contribution < 1.29 is 4.79 Å². The highest BCUT2D eigenvalue weighted by Gasteiger charge is 2.11. The third-order valence-electron chi connectivity index (χ3n) is 2.66. The van der Waals surface area contributed by atoms with Crippen molar-refractivity contribution in [3.63, 3.8) is 0 Å². The third-order valence-corrected chi connectivity index (χ3v) is 3.26. The van der Waals surface area contributed by atoms with Gasteiger partial charge in [-0.2, -0.15) is 0 Å². The minimum atomic E-state index is 0.0138. The summed E-state index contributed by atoms with van der Waals surface area (Å²) in [5, 5.41) is 10.7. The molecule has 0 aliphatic rings. The molecule has 1 heterocycles. The van der Waals surface area contributed by atoms with Crippen molar-refractivity contribution in [1.82, 2.24) is 10.2 Å². The summed E-state index contributed by atoms with van der Waals surface area (Å²) in [6.07, 6.45) is 4.71. The molecule has 0 spiro atoms. The lowest BCUT2D eigenvalue weighted by Gasteiger charge is -2.14. The van der Waals surface area contributed by atoms with Crippen LogP contribution in [0.15, 0.2) is 5.51 Å². The van der Waals surface area contributed by atoms with E-state index in [-0.39, 0.29) is 5.91 Å². The summed E-state index contributed by atoms with van der Waals surface area (Å²) in [7, 11) is 0. The van der Waals surface area contributed by atoms with Crippen LogP contribution in [-0.2, 0) is 4.79 Å². The van der Waals surface area contributed by atoms with E-state index in [1.165, 1.54) is 11.3 Å². The number of amides is 1. The second-order valence-electron chi connectivity index (χ2n) is 4.06. The summed E-state index contributed by atoms with van der Waals surface area (Å²) in [5.41, 5.74) is 7.16. The molecule has 3 N–H and O–H groups in total. The summed E-state index contributed by atoms with van der Waals surface area (Å²) in [5.74, 6) is 0.574. The molecule has 1 aromatic rings. The molecular formula is C11H20N4OS. The fourth-order valence-corrected chi connectivity index (χ4v) is 2.28. The zero-order valence-corrected chi connectivity index (χ0v) is 11.0. The average Bonchev–Trinajstić information content (AvgIpc) is 2.79. The summed E-state index contributed by atoms with van der Waals surface area (Å²) in [6.45, 7) is 2.85. The lowest BCUT2D eigenvalue weighted by Crippen LogP contribution is -2.15. The van der Waals surface area contributed by atoms with Crippen LogP contribution in [0.3, 0.4) is 0 Å². The van der Waals surface area contributed by atoms with E-state index < -0.39 is 0 Å². The van der Waals surface area contributed by atoms with Crippen LogP contribution in [-0.4, -0.2) is 22.6 Å². The van der Waals surface area contributed by atoms with Gasteiger partial charge >= 0.3 is 0 Å². The van der Waals surface area contributed by atoms with Gasteiger partial charge < -0.3 is 11.1 Å². The van der Waals surface area contributed by atoms with E-state index in [1.54, 1.807) is 5.51 Å². The fourth-order valence-electron chi connectivity index (χ4n) is 1.82. The molecule has 17 heavy (non-hydrogen) atoms. The number of carbonyl (C=O) groups is 1. The van der Waals surface area contributed by atoms with E-state index in [0.717, 1.165) is 25.7 Å². The summed E-state index contributed by atoms with van der Waals surface area (Å²) >= 11 is 1.33. The van der Waals surface area contributed by atoms with Crippen molar-refractivity contribution in [2.24, 2.45) is 11.7 Å². The van der Waals surface area contributed by atoms with Gasteiger partial charge in [0.1, 0.15) is 5.51 Å².